The van der Waals surface area contributed by atoms with Crippen LogP contribution in [0, 0.1) is 11.7 Å². The third-order valence-electron chi connectivity index (χ3n) is 3.89. The quantitative estimate of drug-likeness (QED) is 0.681. The van der Waals surface area contributed by atoms with Gasteiger partial charge in [0.15, 0.2) is 0 Å². The molecule has 1 aliphatic carbocycles. The molecule has 2 unspecified atom stereocenters. The van der Waals surface area contributed by atoms with E-state index in [1.54, 1.807) is 19.4 Å². The van der Waals surface area contributed by atoms with Crippen LogP contribution in [-0.2, 0) is 4.79 Å². The molecule has 2 aromatic carbocycles. The van der Waals surface area contributed by atoms with E-state index < -0.39 is 0 Å². The van der Waals surface area contributed by atoms with Crippen molar-refractivity contribution < 1.29 is 13.9 Å². The largest absolute Gasteiger partial charge is 0.497 e. The number of nitrogens with one attached hydrogen (secondary N) is 1. The molecule has 118 valence electrons. The summed E-state index contributed by atoms with van der Waals surface area (Å²) in [6, 6.07) is 13.8. The fraction of sp³-hybridized carbons (Fsp3) is 0.222. The minimum atomic E-state index is -0.274. The molecule has 0 aromatic heterocycles. The number of carbonyl (C=O) groups is 1. The molecule has 1 amide bonds. The van der Waals surface area contributed by atoms with Crippen LogP contribution in [0.1, 0.15) is 23.5 Å². The summed E-state index contributed by atoms with van der Waals surface area (Å²) in [6.45, 7) is 0. The number of halogens is 1. The van der Waals surface area contributed by atoms with Gasteiger partial charge in [0.05, 0.1) is 13.3 Å². The Labute approximate surface area is 134 Å². The van der Waals surface area contributed by atoms with E-state index in [4.69, 9.17) is 4.74 Å². The minimum absolute atomic E-state index is 0.0812. The fourth-order valence-corrected chi connectivity index (χ4v) is 2.57. The molecule has 2 aromatic rings. The van der Waals surface area contributed by atoms with E-state index in [0.29, 0.717) is 0 Å². The highest BCUT2D eigenvalue weighted by Crippen LogP contribution is 2.47. The van der Waals surface area contributed by atoms with Gasteiger partial charge < -0.3 is 4.74 Å². The van der Waals surface area contributed by atoms with Gasteiger partial charge >= 0.3 is 0 Å². The van der Waals surface area contributed by atoms with E-state index in [1.807, 2.05) is 30.3 Å². The van der Waals surface area contributed by atoms with E-state index in [9.17, 15) is 9.18 Å². The lowest BCUT2D eigenvalue weighted by Gasteiger charge is -2.01. The molecule has 1 N–H and O–H groups in total. The highest BCUT2D eigenvalue weighted by Gasteiger charge is 2.44. The van der Waals surface area contributed by atoms with Crippen molar-refractivity contribution in [2.45, 2.75) is 12.3 Å². The van der Waals surface area contributed by atoms with Crippen molar-refractivity contribution in [3.05, 3.63) is 65.5 Å². The van der Waals surface area contributed by atoms with Gasteiger partial charge in [-0.1, -0.05) is 24.3 Å². The molecule has 23 heavy (non-hydrogen) atoms. The SMILES string of the molecule is COc1cccc(/C=N/NC(=O)C2CC2c2cccc(F)c2)c1. The number of ether oxygens (including phenoxy) is 1. The van der Waals surface area contributed by atoms with Crippen LogP contribution >= 0.6 is 0 Å². The lowest BCUT2D eigenvalue weighted by Crippen LogP contribution is -2.20. The predicted molar refractivity (Wildman–Crippen MR) is 86.0 cm³/mol. The summed E-state index contributed by atoms with van der Waals surface area (Å²) in [7, 11) is 1.59. The Kier molecular flexibility index (Phi) is 4.37. The molecule has 1 aliphatic rings. The lowest BCUT2D eigenvalue weighted by molar-refractivity contribution is -0.122. The summed E-state index contributed by atoms with van der Waals surface area (Å²) in [5.41, 5.74) is 4.24. The van der Waals surface area contributed by atoms with Gasteiger partial charge in [-0.05, 0) is 47.7 Å². The smallest absolute Gasteiger partial charge is 0.243 e. The van der Waals surface area contributed by atoms with Crippen LogP contribution in [0.3, 0.4) is 0 Å². The van der Waals surface area contributed by atoms with Gasteiger partial charge in [-0.25, -0.2) is 9.82 Å². The van der Waals surface area contributed by atoms with Crippen molar-refractivity contribution in [1.29, 1.82) is 0 Å². The number of hydrazone groups is 1. The minimum Gasteiger partial charge on any atom is -0.497 e. The Hall–Kier alpha value is -2.69. The van der Waals surface area contributed by atoms with Crippen LogP contribution in [0.4, 0.5) is 4.39 Å². The zero-order valence-corrected chi connectivity index (χ0v) is 12.7. The topological polar surface area (TPSA) is 50.7 Å². The maximum atomic E-state index is 13.2. The average Bonchev–Trinajstić information content (AvgIpc) is 3.36. The van der Waals surface area contributed by atoms with Crippen LogP contribution in [0.15, 0.2) is 53.6 Å². The second-order valence-corrected chi connectivity index (χ2v) is 5.51. The van der Waals surface area contributed by atoms with Crippen LogP contribution < -0.4 is 10.2 Å². The molecule has 5 heteroatoms. The summed E-state index contributed by atoms with van der Waals surface area (Å²) in [4.78, 5) is 12.0. The standard InChI is InChI=1S/C18H17FN2O2/c1-23-15-7-2-4-12(8-15)11-20-21-18(22)17-10-16(17)13-5-3-6-14(19)9-13/h2-9,11,16-17H,10H2,1H3,(H,21,22)/b20-11+. The molecule has 1 fully saturated rings. The maximum Gasteiger partial charge on any atom is 0.243 e. The van der Waals surface area contributed by atoms with Crippen molar-refractivity contribution in [2.75, 3.05) is 7.11 Å². The summed E-state index contributed by atoms with van der Waals surface area (Å²) >= 11 is 0. The van der Waals surface area contributed by atoms with Crippen molar-refractivity contribution in [2.24, 2.45) is 11.0 Å². The lowest BCUT2D eigenvalue weighted by atomic mass is 10.1. The first-order valence-corrected chi connectivity index (χ1v) is 7.40. The van der Waals surface area contributed by atoms with Crippen molar-refractivity contribution in [1.82, 2.24) is 5.43 Å². The van der Waals surface area contributed by atoms with Crippen LogP contribution in [0.5, 0.6) is 5.75 Å². The van der Waals surface area contributed by atoms with Crippen LogP contribution in [-0.4, -0.2) is 19.2 Å². The first-order valence-electron chi connectivity index (χ1n) is 7.40. The molecule has 3 rings (SSSR count). The molecule has 0 bridgehead atoms. The second kappa shape index (κ2) is 6.60. The Balaban J connectivity index is 1.55. The molecular weight excluding hydrogens is 295 g/mol. The van der Waals surface area contributed by atoms with E-state index in [1.165, 1.54) is 12.1 Å². The van der Waals surface area contributed by atoms with E-state index in [2.05, 4.69) is 10.5 Å². The van der Waals surface area contributed by atoms with Gasteiger partial charge in [0.1, 0.15) is 11.6 Å². The third kappa shape index (κ3) is 3.74. The summed E-state index contributed by atoms with van der Waals surface area (Å²) < 4.78 is 18.3. The van der Waals surface area contributed by atoms with Crippen molar-refractivity contribution in [3.63, 3.8) is 0 Å². The number of hydrogen-bond acceptors (Lipinski definition) is 3. The highest BCUT2D eigenvalue weighted by molar-refractivity contribution is 5.85. The molecule has 1 saturated carbocycles. The maximum absolute atomic E-state index is 13.2. The monoisotopic (exact) mass is 312 g/mol. The molecule has 0 heterocycles. The first-order chi connectivity index (χ1) is 11.2. The van der Waals surface area contributed by atoms with Gasteiger partial charge in [0, 0.05) is 5.92 Å². The second-order valence-electron chi connectivity index (χ2n) is 5.51. The number of amides is 1. The third-order valence-corrected chi connectivity index (χ3v) is 3.89. The zero-order chi connectivity index (χ0) is 16.2. The predicted octanol–water partition coefficient (Wildman–Crippen LogP) is 3.09. The van der Waals surface area contributed by atoms with Gasteiger partial charge in [0.2, 0.25) is 5.91 Å². The number of rotatable bonds is 5. The van der Waals surface area contributed by atoms with E-state index >= 15 is 0 Å². The average molecular weight is 312 g/mol. The van der Waals surface area contributed by atoms with E-state index in [-0.39, 0.29) is 23.6 Å². The zero-order valence-electron chi connectivity index (χ0n) is 12.7. The Morgan fingerprint density at radius 3 is 2.91 bits per heavy atom. The van der Waals surface area contributed by atoms with Gasteiger partial charge in [-0.3, -0.25) is 4.79 Å². The highest BCUT2D eigenvalue weighted by atomic mass is 19.1. The fourth-order valence-electron chi connectivity index (χ4n) is 2.57. The number of carbonyl (C=O) groups excluding carboxylic acids is 1. The summed E-state index contributed by atoms with van der Waals surface area (Å²) in [5, 5.41) is 3.97. The normalized spacial score (nSPS) is 19.6. The summed E-state index contributed by atoms with van der Waals surface area (Å²) in [5.74, 6) is 0.258. The van der Waals surface area contributed by atoms with Gasteiger partial charge in [-0.2, -0.15) is 5.10 Å². The van der Waals surface area contributed by atoms with Crippen molar-refractivity contribution >= 4 is 12.1 Å². The van der Waals surface area contributed by atoms with E-state index in [0.717, 1.165) is 23.3 Å². The van der Waals surface area contributed by atoms with Gasteiger partial charge in [-0.15, -0.1) is 0 Å². The van der Waals surface area contributed by atoms with Crippen LogP contribution in [0.25, 0.3) is 0 Å². The van der Waals surface area contributed by atoms with Crippen molar-refractivity contribution in [3.8, 4) is 5.75 Å². The molecule has 0 spiro atoms. The Morgan fingerprint density at radius 1 is 1.30 bits per heavy atom. The molecule has 0 saturated heterocycles. The van der Waals surface area contributed by atoms with Gasteiger partial charge in [0.25, 0.3) is 0 Å². The molecule has 2 atom stereocenters. The molecule has 0 aliphatic heterocycles. The van der Waals surface area contributed by atoms with Crippen LogP contribution in [0.2, 0.25) is 0 Å². The molecular formula is C18H17FN2O2. The number of nitrogens with zero attached hydrogens (tertiary/aromatic N) is 1. The summed E-state index contributed by atoms with van der Waals surface area (Å²) in [6.07, 6.45) is 2.30. The molecule has 0 radical (unpaired) electrons. The molecule has 4 nitrogen and oxygen atoms in total. The number of methoxy groups -OCH3 is 1. The number of hydrogen-bond donors (Lipinski definition) is 1. The number of benzene rings is 2. The Bertz CT molecular complexity index is 745. The Morgan fingerprint density at radius 2 is 2.13 bits per heavy atom. The first kappa shape index (κ1) is 15.2.